The molecule has 0 atom stereocenters. The van der Waals surface area contributed by atoms with Gasteiger partial charge in [0.05, 0.1) is 5.41 Å². The summed E-state index contributed by atoms with van der Waals surface area (Å²) in [5.41, 5.74) is 19.0. The van der Waals surface area contributed by atoms with Crippen LogP contribution in [0, 0.1) is 0 Å². The molecule has 0 saturated heterocycles. The van der Waals surface area contributed by atoms with Gasteiger partial charge in [-0.2, -0.15) is 0 Å². The minimum Gasteiger partial charge on any atom is -0.455 e. The molecule has 0 fully saturated rings. The minimum atomic E-state index is -0.525. The van der Waals surface area contributed by atoms with Crippen LogP contribution in [0.5, 0.6) is 0 Å². The smallest absolute Gasteiger partial charge is 0.143 e. The summed E-state index contributed by atoms with van der Waals surface area (Å²) < 4.78 is 6.56. The number of rotatable bonds is 8. The van der Waals surface area contributed by atoms with Crippen molar-refractivity contribution in [1.29, 1.82) is 0 Å². The van der Waals surface area contributed by atoms with Gasteiger partial charge in [0.25, 0.3) is 0 Å². The molecule has 1 aliphatic rings. The molecule has 0 saturated carbocycles. The second-order valence-electron chi connectivity index (χ2n) is 18.8. The number of para-hydroxylation sites is 1. The van der Waals surface area contributed by atoms with Gasteiger partial charge in [0.1, 0.15) is 11.2 Å². The lowest BCUT2D eigenvalue weighted by molar-refractivity contribution is 0.670. The Labute approximate surface area is 413 Å². The van der Waals surface area contributed by atoms with Crippen molar-refractivity contribution >= 4 is 60.5 Å². The largest absolute Gasteiger partial charge is 0.455 e. The van der Waals surface area contributed by atoms with Crippen LogP contribution in [0.3, 0.4) is 0 Å². The monoisotopic (exact) mass is 903 g/mol. The van der Waals surface area contributed by atoms with Crippen LogP contribution < -0.4 is 4.90 Å². The normalized spacial score (nSPS) is 12.6. The van der Waals surface area contributed by atoms with E-state index in [0.29, 0.717) is 0 Å². The fourth-order valence-electron chi connectivity index (χ4n) is 11.6. The van der Waals surface area contributed by atoms with Gasteiger partial charge in [0, 0.05) is 33.4 Å². The summed E-state index contributed by atoms with van der Waals surface area (Å²) in [7, 11) is 0. The first-order chi connectivity index (χ1) is 35.2. The Hall–Kier alpha value is -9.24. The first kappa shape index (κ1) is 40.8. The molecule has 1 aromatic heterocycles. The Bertz CT molecular complexity index is 4100. The first-order valence-electron chi connectivity index (χ1n) is 24.5. The number of furan rings is 1. The van der Waals surface area contributed by atoms with Gasteiger partial charge in [-0.25, -0.2) is 0 Å². The predicted molar refractivity (Wildman–Crippen MR) is 297 cm³/mol. The highest BCUT2D eigenvalue weighted by Crippen LogP contribution is 2.57. The van der Waals surface area contributed by atoms with E-state index in [9.17, 15) is 0 Å². The van der Waals surface area contributed by atoms with Crippen LogP contribution >= 0.6 is 0 Å². The van der Waals surface area contributed by atoms with Crippen LogP contribution in [0.15, 0.2) is 277 Å². The standard InChI is InChI=1S/C69H45NO/c1-4-15-48(16-5-1)60-24-14-25-63-64-44-51(34-42-67(64)71-68(60)63)47-31-37-56(38-32-47)70(55-35-29-46(30-36-55)50-33-40-59-52(43-50)28-27-49-17-10-11-22-58(49)59)57-39-41-62-61-23-12-13-26-65(61)69(66(62)45-57,53-18-6-2-7-19-53)54-20-8-3-9-21-54/h1-45H. The molecule has 1 heterocycles. The zero-order valence-corrected chi connectivity index (χ0v) is 38.8. The van der Waals surface area contributed by atoms with Crippen molar-refractivity contribution in [3.63, 3.8) is 0 Å². The van der Waals surface area contributed by atoms with E-state index in [-0.39, 0.29) is 0 Å². The number of anilines is 3. The van der Waals surface area contributed by atoms with Crippen molar-refractivity contribution in [2.24, 2.45) is 0 Å². The third-order valence-electron chi connectivity index (χ3n) is 14.9. The summed E-state index contributed by atoms with van der Waals surface area (Å²) in [6, 6.07) is 99.8. The lowest BCUT2D eigenvalue weighted by Crippen LogP contribution is -2.28. The fourth-order valence-corrected chi connectivity index (χ4v) is 11.6. The van der Waals surface area contributed by atoms with Crippen molar-refractivity contribution in [2.75, 3.05) is 4.90 Å². The maximum Gasteiger partial charge on any atom is 0.143 e. The fraction of sp³-hybridized carbons (Fsp3) is 0.0145. The van der Waals surface area contributed by atoms with Crippen LogP contribution in [0.25, 0.3) is 88.0 Å². The Balaban J connectivity index is 0.906. The second kappa shape index (κ2) is 16.5. The van der Waals surface area contributed by atoms with Gasteiger partial charge in [0.2, 0.25) is 0 Å². The Morgan fingerprint density at radius 3 is 1.55 bits per heavy atom. The summed E-state index contributed by atoms with van der Waals surface area (Å²) in [4.78, 5) is 2.42. The molecule has 0 unspecified atom stereocenters. The highest BCUT2D eigenvalue weighted by atomic mass is 16.3. The van der Waals surface area contributed by atoms with Crippen molar-refractivity contribution in [2.45, 2.75) is 5.41 Å². The van der Waals surface area contributed by atoms with E-state index in [1.54, 1.807) is 0 Å². The molecule has 14 rings (SSSR count). The van der Waals surface area contributed by atoms with Crippen molar-refractivity contribution in [3.05, 3.63) is 295 Å². The number of fused-ring (bicyclic) bond motifs is 9. The number of benzene rings is 12. The van der Waals surface area contributed by atoms with Crippen molar-refractivity contribution < 1.29 is 4.42 Å². The minimum absolute atomic E-state index is 0.525. The van der Waals surface area contributed by atoms with Gasteiger partial charge in [-0.05, 0) is 137 Å². The first-order valence-corrected chi connectivity index (χ1v) is 24.5. The molecule has 0 aliphatic heterocycles. The maximum absolute atomic E-state index is 6.56. The molecular formula is C69H45NO. The lowest BCUT2D eigenvalue weighted by Gasteiger charge is -2.35. The van der Waals surface area contributed by atoms with E-state index < -0.39 is 5.41 Å². The summed E-state index contributed by atoms with van der Waals surface area (Å²) in [5.74, 6) is 0. The van der Waals surface area contributed by atoms with E-state index in [0.717, 1.165) is 61.3 Å². The third-order valence-corrected chi connectivity index (χ3v) is 14.9. The quantitative estimate of drug-likeness (QED) is 0.141. The van der Waals surface area contributed by atoms with E-state index in [2.05, 4.69) is 278 Å². The topological polar surface area (TPSA) is 16.4 Å². The van der Waals surface area contributed by atoms with Gasteiger partial charge in [0.15, 0.2) is 0 Å². The average molecular weight is 904 g/mol. The molecule has 12 aromatic carbocycles. The van der Waals surface area contributed by atoms with Crippen LogP contribution in [0.1, 0.15) is 22.3 Å². The zero-order chi connectivity index (χ0) is 46.9. The van der Waals surface area contributed by atoms with E-state index >= 15 is 0 Å². The maximum atomic E-state index is 6.56. The molecule has 13 aromatic rings. The zero-order valence-electron chi connectivity index (χ0n) is 38.8. The molecule has 0 radical (unpaired) electrons. The Morgan fingerprint density at radius 2 is 0.817 bits per heavy atom. The highest BCUT2D eigenvalue weighted by molar-refractivity contribution is 6.11. The number of hydrogen-bond acceptors (Lipinski definition) is 2. The van der Waals surface area contributed by atoms with Gasteiger partial charge in [-0.15, -0.1) is 0 Å². The van der Waals surface area contributed by atoms with E-state index in [4.69, 9.17) is 4.42 Å². The molecule has 2 nitrogen and oxygen atoms in total. The van der Waals surface area contributed by atoms with Gasteiger partial charge >= 0.3 is 0 Å². The lowest BCUT2D eigenvalue weighted by atomic mass is 9.67. The van der Waals surface area contributed by atoms with Crippen molar-refractivity contribution in [3.8, 4) is 44.5 Å². The molecular weight excluding hydrogens is 859 g/mol. The number of nitrogens with zero attached hydrogens (tertiary/aromatic N) is 1. The second-order valence-corrected chi connectivity index (χ2v) is 18.8. The third kappa shape index (κ3) is 6.57. The van der Waals surface area contributed by atoms with E-state index in [1.807, 2.05) is 0 Å². The van der Waals surface area contributed by atoms with Crippen LogP contribution in [-0.2, 0) is 5.41 Å². The molecule has 2 heteroatoms. The molecule has 0 N–H and O–H groups in total. The van der Waals surface area contributed by atoms with Gasteiger partial charge < -0.3 is 9.32 Å². The average Bonchev–Trinajstić information content (AvgIpc) is 3.97. The molecule has 71 heavy (non-hydrogen) atoms. The highest BCUT2D eigenvalue weighted by Gasteiger charge is 2.46. The van der Waals surface area contributed by atoms with Gasteiger partial charge in [-0.1, -0.05) is 218 Å². The summed E-state index contributed by atoms with van der Waals surface area (Å²) in [5, 5.41) is 7.28. The van der Waals surface area contributed by atoms with Gasteiger partial charge in [-0.3, -0.25) is 0 Å². The van der Waals surface area contributed by atoms with Crippen molar-refractivity contribution in [1.82, 2.24) is 0 Å². The molecule has 0 bridgehead atoms. The van der Waals surface area contributed by atoms with Crippen LogP contribution in [-0.4, -0.2) is 0 Å². The summed E-state index contributed by atoms with van der Waals surface area (Å²) in [6.07, 6.45) is 0. The Kier molecular flexibility index (Phi) is 9.47. The SMILES string of the molecule is c1ccc(-c2cccc3c2oc2ccc(-c4ccc(N(c5ccc(-c6ccc7c(ccc8ccccc87)c6)cc5)c5ccc6c(c5)C(c5ccccc5)(c5ccccc5)c5ccccc5-6)cc4)cc23)cc1. The Morgan fingerprint density at radius 1 is 0.282 bits per heavy atom. The molecule has 332 valence electrons. The van der Waals surface area contributed by atoms with E-state index in [1.165, 1.54) is 66.1 Å². The summed E-state index contributed by atoms with van der Waals surface area (Å²) in [6.45, 7) is 0. The van der Waals surface area contributed by atoms with Crippen LogP contribution in [0.2, 0.25) is 0 Å². The predicted octanol–water partition coefficient (Wildman–Crippen LogP) is 18.7. The number of hydrogen-bond donors (Lipinski definition) is 0. The summed E-state index contributed by atoms with van der Waals surface area (Å²) >= 11 is 0. The molecule has 0 spiro atoms. The molecule has 0 amide bonds. The molecule has 1 aliphatic carbocycles. The van der Waals surface area contributed by atoms with Crippen LogP contribution in [0.4, 0.5) is 17.1 Å².